The van der Waals surface area contributed by atoms with Crippen LogP contribution in [0.5, 0.6) is 11.5 Å². The third kappa shape index (κ3) is 3.97. The highest BCUT2D eigenvalue weighted by atomic mass is 16.5. The number of fused-ring (bicyclic) bond motifs is 3. The second kappa shape index (κ2) is 8.28. The number of ether oxygens (including phenoxy) is 2. The zero-order valence-corrected chi connectivity index (χ0v) is 16.5. The second-order valence-corrected chi connectivity index (χ2v) is 7.94. The molecule has 3 rings (SSSR count). The first-order valence-corrected chi connectivity index (χ1v) is 9.68. The van der Waals surface area contributed by atoms with Crippen LogP contribution in [0.1, 0.15) is 43.9 Å². The molecule has 0 bridgehead atoms. The number of piperazine rings is 1. The molecule has 0 saturated carbocycles. The van der Waals surface area contributed by atoms with E-state index in [4.69, 9.17) is 14.7 Å². The fourth-order valence-electron chi connectivity index (χ4n) is 4.30. The molecule has 2 heterocycles. The monoisotopic (exact) mass is 357 g/mol. The van der Waals surface area contributed by atoms with Crippen LogP contribution in [0.4, 0.5) is 0 Å². The number of benzene rings is 1. The Balaban J connectivity index is 1.82. The minimum Gasteiger partial charge on any atom is -0.493 e. The van der Waals surface area contributed by atoms with Gasteiger partial charge in [-0.1, -0.05) is 13.8 Å². The molecule has 142 valence electrons. The van der Waals surface area contributed by atoms with Gasteiger partial charge in [-0.2, -0.15) is 5.26 Å². The van der Waals surface area contributed by atoms with Crippen molar-refractivity contribution < 1.29 is 9.47 Å². The van der Waals surface area contributed by atoms with Gasteiger partial charge in [0.1, 0.15) is 6.61 Å². The maximum Gasteiger partial charge on any atom is 0.161 e. The third-order valence-electron chi connectivity index (χ3n) is 5.64. The molecule has 0 amide bonds. The van der Waals surface area contributed by atoms with E-state index in [1.54, 1.807) is 7.11 Å². The predicted molar refractivity (Wildman–Crippen MR) is 103 cm³/mol. The summed E-state index contributed by atoms with van der Waals surface area (Å²) in [6.07, 6.45) is 2.68. The summed E-state index contributed by atoms with van der Waals surface area (Å²) in [6.45, 7) is 8.32. The van der Waals surface area contributed by atoms with E-state index in [1.165, 1.54) is 17.5 Å². The van der Waals surface area contributed by atoms with Crippen molar-refractivity contribution in [1.29, 1.82) is 5.26 Å². The van der Waals surface area contributed by atoms with Crippen LogP contribution in [-0.4, -0.2) is 56.2 Å². The molecule has 0 radical (unpaired) electrons. The van der Waals surface area contributed by atoms with Crippen LogP contribution in [-0.2, 0) is 6.42 Å². The summed E-state index contributed by atoms with van der Waals surface area (Å²) in [6, 6.07) is 7.47. The van der Waals surface area contributed by atoms with E-state index in [0.717, 1.165) is 43.5 Å². The van der Waals surface area contributed by atoms with Crippen molar-refractivity contribution in [2.45, 2.75) is 45.2 Å². The van der Waals surface area contributed by atoms with Gasteiger partial charge in [0.05, 0.1) is 19.6 Å². The van der Waals surface area contributed by atoms with Gasteiger partial charge in [-0.15, -0.1) is 0 Å². The van der Waals surface area contributed by atoms with Gasteiger partial charge < -0.3 is 14.4 Å². The molecule has 1 saturated heterocycles. The standard InChI is InChI=1S/C21H31N3O2/c1-15(2)10-17-13-24-8-6-16-11-21(26-9-5-7-22)20(25-4)12-18(16)19(24)14-23(17)3/h11-12,15,17,19H,5-6,8-10,13-14H2,1-4H3/t17-,19?/m1/s1. The van der Waals surface area contributed by atoms with Crippen LogP contribution in [0.25, 0.3) is 0 Å². The molecular formula is C21H31N3O2. The fraction of sp³-hybridized carbons (Fsp3) is 0.667. The normalized spacial score (nSPS) is 23.2. The fourth-order valence-corrected chi connectivity index (χ4v) is 4.30. The number of nitriles is 1. The van der Waals surface area contributed by atoms with E-state index in [2.05, 4.69) is 48.9 Å². The Morgan fingerprint density at radius 1 is 1.27 bits per heavy atom. The molecule has 0 aromatic heterocycles. The van der Waals surface area contributed by atoms with Crippen LogP contribution >= 0.6 is 0 Å². The summed E-state index contributed by atoms with van der Waals surface area (Å²) in [5, 5.41) is 8.72. The summed E-state index contributed by atoms with van der Waals surface area (Å²) in [5.74, 6) is 2.26. The van der Waals surface area contributed by atoms with E-state index in [1.807, 2.05) is 0 Å². The van der Waals surface area contributed by atoms with E-state index >= 15 is 0 Å². The van der Waals surface area contributed by atoms with Crippen molar-refractivity contribution in [3.8, 4) is 17.6 Å². The molecule has 2 aliphatic rings. The van der Waals surface area contributed by atoms with Gasteiger partial charge in [-0.25, -0.2) is 0 Å². The van der Waals surface area contributed by atoms with Crippen LogP contribution < -0.4 is 9.47 Å². The lowest BCUT2D eigenvalue weighted by Crippen LogP contribution is -2.55. The molecule has 0 aliphatic carbocycles. The summed E-state index contributed by atoms with van der Waals surface area (Å²) in [4.78, 5) is 5.17. The highest BCUT2D eigenvalue weighted by Crippen LogP contribution is 2.40. The average Bonchev–Trinajstić information content (AvgIpc) is 2.61. The maximum atomic E-state index is 8.72. The summed E-state index contributed by atoms with van der Waals surface area (Å²) in [7, 11) is 3.94. The Bertz CT molecular complexity index is 668. The minimum atomic E-state index is 0.388. The average molecular weight is 357 g/mol. The van der Waals surface area contributed by atoms with Crippen molar-refractivity contribution in [3.63, 3.8) is 0 Å². The SMILES string of the molecule is COc1cc2c(cc1OCCC#N)CCN1C[C@@H](CC(C)C)N(C)CC21. The van der Waals surface area contributed by atoms with Gasteiger partial charge in [0.2, 0.25) is 0 Å². The van der Waals surface area contributed by atoms with Crippen LogP contribution in [0.3, 0.4) is 0 Å². The van der Waals surface area contributed by atoms with Crippen molar-refractivity contribution in [3.05, 3.63) is 23.3 Å². The van der Waals surface area contributed by atoms with Crippen molar-refractivity contribution in [2.24, 2.45) is 5.92 Å². The third-order valence-corrected chi connectivity index (χ3v) is 5.64. The molecule has 1 fully saturated rings. The van der Waals surface area contributed by atoms with Gasteiger partial charge >= 0.3 is 0 Å². The van der Waals surface area contributed by atoms with Crippen LogP contribution in [0.15, 0.2) is 12.1 Å². The quantitative estimate of drug-likeness (QED) is 0.732. The molecule has 1 aromatic rings. The summed E-state index contributed by atoms with van der Waals surface area (Å²) >= 11 is 0. The lowest BCUT2D eigenvalue weighted by atomic mass is 9.88. The zero-order valence-electron chi connectivity index (χ0n) is 16.5. The van der Waals surface area contributed by atoms with Gasteiger partial charge in [0.15, 0.2) is 11.5 Å². The van der Waals surface area contributed by atoms with Crippen LogP contribution in [0, 0.1) is 17.2 Å². The first kappa shape index (κ1) is 19.0. The molecule has 5 nitrogen and oxygen atoms in total. The van der Waals surface area contributed by atoms with E-state index < -0.39 is 0 Å². The Hall–Kier alpha value is -1.77. The molecule has 1 aromatic carbocycles. The lowest BCUT2D eigenvalue weighted by molar-refractivity contribution is 0.0294. The Morgan fingerprint density at radius 3 is 2.77 bits per heavy atom. The van der Waals surface area contributed by atoms with E-state index in [-0.39, 0.29) is 0 Å². The minimum absolute atomic E-state index is 0.388. The van der Waals surface area contributed by atoms with Gasteiger partial charge in [-0.3, -0.25) is 4.90 Å². The van der Waals surface area contributed by atoms with E-state index in [0.29, 0.717) is 25.1 Å². The highest BCUT2D eigenvalue weighted by Gasteiger charge is 2.36. The molecule has 0 N–H and O–H groups in total. The van der Waals surface area contributed by atoms with Gasteiger partial charge in [-0.05, 0) is 49.1 Å². The van der Waals surface area contributed by atoms with E-state index in [9.17, 15) is 0 Å². The van der Waals surface area contributed by atoms with Crippen LogP contribution in [0.2, 0.25) is 0 Å². The molecular weight excluding hydrogens is 326 g/mol. The van der Waals surface area contributed by atoms with Gasteiger partial charge in [0, 0.05) is 31.7 Å². The molecule has 2 atom stereocenters. The maximum absolute atomic E-state index is 8.72. The molecule has 26 heavy (non-hydrogen) atoms. The zero-order chi connectivity index (χ0) is 18.7. The number of hydrogen-bond acceptors (Lipinski definition) is 5. The predicted octanol–water partition coefficient (Wildman–Crippen LogP) is 3.25. The Labute approximate surface area is 157 Å². The number of rotatable bonds is 6. The second-order valence-electron chi connectivity index (χ2n) is 7.94. The largest absolute Gasteiger partial charge is 0.493 e. The topological polar surface area (TPSA) is 48.7 Å². The smallest absolute Gasteiger partial charge is 0.161 e. The highest BCUT2D eigenvalue weighted by molar-refractivity contribution is 5.49. The first-order valence-electron chi connectivity index (χ1n) is 9.68. The summed E-state index contributed by atoms with van der Waals surface area (Å²) in [5.41, 5.74) is 2.73. The van der Waals surface area contributed by atoms with Crippen molar-refractivity contribution in [1.82, 2.24) is 9.80 Å². The number of nitrogens with zero attached hydrogens (tertiary/aromatic N) is 3. The lowest BCUT2D eigenvalue weighted by Gasteiger charge is -2.48. The molecule has 1 unspecified atom stereocenters. The Kier molecular flexibility index (Phi) is 6.05. The Morgan fingerprint density at radius 2 is 2.08 bits per heavy atom. The number of hydrogen-bond donors (Lipinski definition) is 0. The van der Waals surface area contributed by atoms with Gasteiger partial charge in [0.25, 0.3) is 0 Å². The summed E-state index contributed by atoms with van der Waals surface area (Å²) < 4.78 is 11.4. The molecule has 2 aliphatic heterocycles. The molecule has 5 heteroatoms. The number of methoxy groups -OCH3 is 1. The first-order chi connectivity index (χ1) is 12.5. The number of likely N-dealkylation sites (N-methyl/N-ethyl adjacent to an activating group) is 1. The van der Waals surface area contributed by atoms with Crippen molar-refractivity contribution in [2.75, 3.05) is 40.4 Å². The van der Waals surface area contributed by atoms with Crippen molar-refractivity contribution >= 4 is 0 Å². The molecule has 0 spiro atoms.